The molecule has 1 aliphatic carbocycles. The van der Waals surface area contributed by atoms with E-state index in [1.54, 1.807) is 0 Å². The molecule has 3 nitrogen and oxygen atoms in total. The van der Waals surface area contributed by atoms with Gasteiger partial charge >= 0.3 is 6.18 Å². The Balaban J connectivity index is 2.64. The molecule has 0 spiro atoms. The molecule has 0 aromatic rings. The van der Waals surface area contributed by atoms with Crippen molar-refractivity contribution in [3.05, 3.63) is 22.4 Å². The summed E-state index contributed by atoms with van der Waals surface area (Å²) in [5.74, 6) is -1.27. The second-order valence-electron chi connectivity index (χ2n) is 2.80. The number of allylic oxidation sites excluding steroid dienone is 3. The van der Waals surface area contributed by atoms with Gasteiger partial charge in [0, 0.05) is 0 Å². The smallest absolute Gasteiger partial charge is 0.288 e. The van der Waals surface area contributed by atoms with Gasteiger partial charge in [0.1, 0.15) is 17.6 Å². The summed E-state index contributed by atoms with van der Waals surface area (Å²) in [7, 11) is 0. The van der Waals surface area contributed by atoms with Gasteiger partial charge in [0.05, 0.1) is 10.7 Å². The van der Waals surface area contributed by atoms with Crippen molar-refractivity contribution in [1.29, 1.82) is 0 Å². The van der Waals surface area contributed by atoms with Crippen LogP contribution >= 0.6 is 11.6 Å². The van der Waals surface area contributed by atoms with Gasteiger partial charge in [-0.1, -0.05) is 11.6 Å². The molecule has 7 heteroatoms. The third-order valence-electron chi connectivity index (χ3n) is 1.85. The third-order valence-corrected chi connectivity index (χ3v) is 2.13. The molecule has 78 valence electrons. The van der Waals surface area contributed by atoms with Crippen molar-refractivity contribution in [2.75, 3.05) is 0 Å². The summed E-state index contributed by atoms with van der Waals surface area (Å²) < 4.78 is 37.5. The number of nitrogens with zero attached hydrogens (tertiary/aromatic N) is 2. The molecule has 1 aliphatic heterocycles. The average molecular weight is 235 g/mol. The highest BCUT2D eigenvalue weighted by atomic mass is 35.5. The number of aliphatic imine (C=N–C) groups is 2. The molecule has 2 rings (SSSR count). The van der Waals surface area contributed by atoms with Crippen molar-refractivity contribution in [2.45, 2.75) is 6.18 Å². The van der Waals surface area contributed by atoms with E-state index in [0.29, 0.717) is 0 Å². The zero-order valence-corrected chi connectivity index (χ0v) is 7.73. The first-order valence-electron chi connectivity index (χ1n) is 3.75. The molecule has 0 saturated carbocycles. The normalized spacial score (nSPS) is 20.4. The second kappa shape index (κ2) is 3.03. The Morgan fingerprint density at radius 3 is 2.60 bits per heavy atom. The predicted octanol–water partition coefficient (Wildman–Crippen LogP) is 1.99. The minimum atomic E-state index is -4.77. The first-order chi connectivity index (χ1) is 6.91. The van der Waals surface area contributed by atoms with Crippen LogP contribution in [0.15, 0.2) is 32.4 Å². The molecule has 0 bridgehead atoms. The molecule has 0 aromatic carbocycles. The highest BCUT2D eigenvalue weighted by Crippen LogP contribution is 2.36. The van der Waals surface area contributed by atoms with Gasteiger partial charge < -0.3 is 0 Å². The van der Waals surface area contributed by atoms with Crippen LogP contribution in [-0.4, -0.2) is 24.0 Å². The average Bonchev–Trinajstić information content (AvgIpc) is 2.50. The topological polar surface area (TPSA) is 41.8 Å². The molecule has 0 atom stereocenters. The Kier molecular flexibility index (Phi) is 2.04. The fourth-order valence-electron chi connectivity index (χ4n) is 1.25. The summed E-state index contributed by atoms with van der Waals surface area (Å²) in [6.45, 7) is 0. The molecule has 0 unspecified atom stereocenters. The quantitative estimate of drug-likeness (QED) is 0.591. The fourth-order valence-corrected chi connectivity index (χ4v) is 1.45. The van der Waals surface area contributed by atoms with Gasteiger partial charge in [0.25, 0.3) is 0 Å². The van der Waals surface area contributed by atoms with Crippen molar-refractivity contribution in [3.63, 3.8) is 0 Å². The third kappa shape index (κ3) is 1.50. The van der Waals surface area contributed by atoms with Gasteiger partial charge in [-0.2, -0.15) is 13.2 Å². The molecule has 0 radical (unpaired) electrons. The van der Waals surface area contributed by atoms with Crippen LogP contribution in [0.2, 0.25) is 0 Å². The number of hydrogen-bond donors (Lipinski definition) is 0. The number of rotatable bonds is 0. The van der Waals surface area contributed by atoms with Crippen LogP contribution in [0.1, 0.15) is 0 Å². The number of Topliss-reactive ketones (excluding diaryl/α,β-unsaturated/α-hetero) is 1. The van der Waals surface area contributed by atoms with Gasteiger partial charge in [-0.3, -0.25) is 4.79 Å². The van der Waals surface area contributed by atoms with E-state index >= 15 is 0 Å². The maximum atomic E-state index is 12.5. The summed E-state index contributed by atoms with van der Waals surface area (Å²) in [6, 6.07) is 0. The molecule has 0 saturated heterocycles. The molecule has 0 aromatic heterocycles. The number of halogens is 4. The Morgan fingerprint density at radius 1 is 1.33 bits per heavy atom. The number of hydrogen-bond acceptors (Lipinski definition) is 3. The van der Waals surface area contributed by atoms with Crippen LogP contribution in [0.5, 0.6) is 0 Å². The van der Waals surface area contributed by atoms with Crippen molar-refractivity contribution < 1.29 is 18.0 Å². The lowest BCUT2D eigenvalue weighted by Gasteiger charge is -2.15. The van der Waals surface area contributed by atoms with E-state index in [2.05, 4.69) is 9.98 Å². The zero-order valence-electron chi connectivity index (χ0n) is 6.97. The highest BCUT2D eigenvalue weighted by Gasteiger charge is 2.45. The van der Waals surface area contributed by atoms with E-state index in [1.165, 1.54) is 0 Å². The SMILES string of the molecule is O=C1C(Cl)=CC2=NC=NC2=C1C(F)(F)F. The molecule has 0 N–H and O–H groups in total. The van der Waals surface area contributed by atoms with Crippen molar-refractivity contribution >= 4 is 29.4 Å². The summed E-state index contributed by atoms with van der Waals surface area (Å²) >= 11 is 5.38. The van der Waals surface area contributed by atoms with Crippen molar-refractivity contribution in [1.82, 2.24) is 0 Å². The van der Waals surface area contributed by atoms with E-state index in [4.69, 9.17) is 11.6 Å². The van der Waals surface area contributed by atoms with Crippen LogP contribution in [0.25, 0.3) is 0 Å². The van der Waals surface area contributed by atoms with E-state index < -0.39 is 28.3 Å². The lowest BCUT2D eigenvalue weighted by molar-refractivity contribution is -0.125. The van der Waals surface area contributed by atoms with Gasteiger partial charge in [-0.15, -0.1) is 0 Å². The molecular formula is C8H2ClF3N2O. The number of fused-ring (bicyclic) bond motifs is 1. The van der Waals surface area contributed by atoms with E-state index in [1.807, 2.05) is 0 Å². The molecular weight excluding hydrogens is 233 g/mol. The standard InChI is InChI=1S/C8H2ClF3N2O/c9-3-1-4-6(14-2-13-4)5(7(3)15)8(10,11)12/h1-2H. The second-order valence-corrected chi connectivity index (χ2v) is 3.21. The van der Waals surface area contributed by atoms with Crippen LogP contribution in [0.4, 0.5) is 13.2 Å². The van der Waals surface area contributed by atoms with Gasteiger partial charge in [0.2, 0.25) is 5.78 Å². The maximum absolute atomic E-state index is 12.5. The minimum absolute atomic E-state index is 0.0353. The van der Waals surface area contributed by atoms with E-state index in [0.717, 1.165) is 12.4 Å². The number of alkyl halides is 3. The fraction of sp³-hybridized carbons (Fsp3) is 0.125. The van der Waals surface area contributed by atoms with Crippen LogP contribution in [0, 0.1) is 0 Å². The van der Waals surface area contributed by atoms with Crippen LogP contribution in [0.3, 0.4) is 0 Å². The largest absolute Gasteiger partial charge is 0.422 e. The monoisotopic (exact) mass is 234 g/mol. The summed E-state index contributed by atoms with van der Waals surface area (Å²) in [4.78, 5) is 18.2. The maximum Gasteiger partial charge on any atom is 0.422 e. The van der Waals surface area contributed by atoms with Gasteiger partial charge in [0.15, 0.2) is 0 Å². The summed E-state index contributed by atoms with van der Waals surface area (Å²) in [5.41, 5.74) is -1.86. The minimum Gasteiger partial charge on any atom is -0.288 e. The number of carbonyl (C=O) groups excluding carboxylic acids is 1. The number of carbonyl (C=O) groups is 1. The lowest BCUT2D eigenvalue weighted by Crippen LogP contribution is -2.26. The van der Waals surface area contributed by atoms with Crippen LogP contribution < -0.4 is 0 Å². The summed E-state index contributed by atoms with van der Waals surface area (Å²) in [6.07, 6.45) is -2.75. The molecule has 1 heterocycles. The van der Waals surface area contributed by atoms with Gasteiger partial charge in [-0.05, 0) is 6.08 Å². The Labute approximate surface area is 86.7 Å². The highest BCUT2D eigenvalue weighted by molar-refractivity contribution is 6.49. The van der Waals surface area contributed by atoms with E-state index in [9.17, 15) is 18.0 Å². The Morgan fingerprint density at radius 2 is 2.00 bits per heavy atom. The van der Waals surface area contributed by atoms with Gasteiger partial charge in [-0.25, -0.2) is 9.98 Å². The van der Waals surface area contributed by atoms with Crippen LogP contribution in [-0.2, 0) is 4.79 Å². The zero-order chi connectivity index (χ0) is 11.2. The first-order valence-corrected chi connectivity index (χ1v) is 4.13. The summed E-state index contributed by atoms with van der Waals surface area (Å²) in [5, 5.41) is -0.504. The predicted molar refractivity (Wildman–Crippen MR) is 48.0 cm³/mol. The van der Waals surface area contributed by atoms with E-state index in [-0.39, 0.29) is 5.71 Å². The molecule has 0 amide bonds. The molecule has 2 aliphatic rings. The number of ketones is 1. The Hall–Kier alpha value is -1.43. The lowest BCUT2D eigenvalue weighted by atomic mass is 9.99. The first kappa shape index (κ1) is 10.1. The Bertz CT molecular complexity index is 471. The molecule has 0 fully saturated rings. The molecule has 15 heavy (non-hydrogen) atoms. The van der Waals surface area contributed by atoms with Crippen molar-refractivity contribution in [2.24, 2.45) is 9.98 Å². The van der Waals surface area contributed by atoms with Crippen molar-refractivity contribution in [3.8, 4) is 0 Å².